The fraction of sp³-hybridized carbons (Fsp3) is 0.0769. The molecule has 0 radical (unpaired) electrons. The Hall–Kier alpha value is -2.67. The van der Waals surface area contributed by atoms with E-state index in [9.17, 15) is 20.2 Å². The first kappa shape index (κ1) is 14.7. The maximum absolute atomic E-state index is 11.1. The summed E-state index contributed by atoms with van der Waals surface area (Å²) < 4.78 is 1.50. The van der Waals surface area contributed by atoms with E-state index in [1.54, 1.807) is 18.3 Å². The number of aromatic nitrogens is 1. The number of hydrogen-bond donors (Lipinski definition) is 0. The van der Waals surface area contributed by atoms with E-state index >= 15 is 0 Å². The van der Waals surface area contributed by atoms with Crippen LogP contribution in [0.15, 0.2) is 42.2 Å². The third-order valence-corrected chi connectivity index (χ3v) is 3.05. The minimum absolute atomic E-state index is 0.0634. The molecule has 2 rings (SSSR count). The summed E-state index contributed by atoms with van der Waals surface area (Å²) in [5.74, 6) is 0. The summed E-state index contributed by atoms with van der Waals surface area (Å²) >= 11 is 5.77. The van der Waals surface area contributed by atoms with Gasteiger partial charge in [0.1, 0.15) is 5.69 Å². The fourth-order valence-electron chi connectivity index (χ4n) is 1.84. The summed E-state index contributed by atoms with van der Waals surface area (Å²) in [4.78, 5) is 20.7. The molecule has 0 amide bonds. The van der Waals surface area contributed by atoms with E-state index in [0.717, 1.165) is 0 Å². The van der Waals surface area contributed by atoms with Crippen LogP contribution in [0.5, 0.6) is 0 Å². The van der Waals surface area contributed by atoms with Crippen LogP contribution >= 0.6 is 11.6 Å². The minimum Gasteiger partial charge on any atom is -0.311 e. The second kappa shape index (κ2) is 5.76. The van der Waals surface area contributed by atoms with Gasteiger partial charge in [0.25, 0.3) is 5.69 Å². The zero-order chi connectivity index (χ0) is 15.6. The molecule has 108 valence electrons. The number of hydrogen-bond acceptors (Lipinski definition) is 4. The van der Waals surface area contributed by atoms with Gasteiger partial charge in [0.05, 0.1) is 15.5 Å². The van der Waals surface area contributed by atoms with Crippen molar-refractivity contribution in [2.45, 2.75) is 6.92 Å². The smallest absolute Gasteiger partial charge is 0.294 e. The van der Waals surface area contributed by atoms with Crippen LogP contribution in [0.1, 0.15) is 12.6 Å². The van der Waals surface area contributed by atoms with Crippen molar-refractivity contribution in [3.63, 3.8) is 0 Å². The highest BCUT2D eigenvalue weighted by molar-refractivity contribution is 6.30. The van der Waals surface area contributed by atoms with Crippen LogP contribution in [0.3, 0.4) is 0 Å². The maximum atomic E-state index is 11.1. The second-order valence-corrected chi connectivity index (χ2v) is 4.67. The van der Waals surface area contributed by atoms with Gasteiger partial charge in [-0.25, -0.2) is 0 Å². The molecular formula is C13H10ClN3O4. The number of nitrogens with zero attached hydrogens (tertiary/aromatic N) is 3. The van der Waals surface area contributed by atoms with E-state index in [1.807, 2.05) is 0 Å². The molecule has 21 heavy (non-hydrogen) atoms. The van der Waals surface area contributed by atoms with Crippen molar-refractivity contribution in [1.29, 1.82) is 0 Å². The van der Waals surface area contributed by atoms with Gasteiger partial charge in [-0.1, -0.05) is 11.6 Å². The van der Waals surface area contributed by atoms with Crippen LogP contribution in [-0.2, 0) is 0 Å². The Balaban J connectivity index is 2.60. The molecule has 0 saturated carbocycles. The second-order valence-electron chi connectivity index (χ2n) is 4.24. The first-order chi connectivity index (χ1) is 9.90. The van der Waals surface area contributed by atoms with Crippen LogP contribution in [0.2, 0.25) is 5.02 Å². The molecule has 0 saturated heterocycles. The number of benzene rings is 1. The molecule has 1 aromatic carbocycles. The van der Waals surface area contributed by atoms with E-state index in [0.29, 0.717) is 5.69 Å². The van der Waals surface area contributed by atoms with Gasteiger partial charge in [0.2, 0.25) is 5.70 Å². The largest absolute Gasteiger partial charge is 0.311 e. The van der Waals surface area contributed by atoms with Crippen molar-refractivity contribution in [3.8, 4) is 5.69 Å². The average Bonchev–Trinajstić information content (AvgIpc) is 2.86. The highest BCUT2D eigenvalue weighted by Crippen LogP contribution is 2.28. The summed E-state index contributed by atoms with van der Waals surface area (Å²) in [6.45, 7) is 1.35. The standard InChI is InChI=1S/C13H10ClN3O4/c1-9(16(18)19)7-11-3-2-6-15(11)12-5-4-10(14)8-13(12)17(20)21/h2-8H,1H3/b9-7+. The van der Waals surface area contributed by atoms with Gasteiger partial charge >= 0.3 is 0 Å². The first-order valence-corrected chi connectivity index (χ1v) is 6.22. The molecule has 1 heterocycles. The van der Waals surface area contributed by atoms with E-state index in [1.165, 1.54) is 35.8 Å². The third-order valence-electron chi connectivity index (χ3n) is 2.82. The monoisotopic (exact) mass is 307 g/mol. The Morgan fingerprint density at radius 2 is 2.00 bits per heavy atom. The number of nitro groups is 2. The SMILES string of the molecule is C/C(=C\c1cccn1-c1ccc(Cl)cc1[N+](=O)[O-])[N+](=O)[O-]. The quantitative estimate of drug-likeness (QED) is 0.636. The molecule has 0 N–H and O–H groups in total. The van der Waals surface area contributed by atoms with Gasteiger partial charge in [-0.15, -0.1) is 0 Å². The third kappa shape index (κ3) is 3.09. The molecule has 0 bridgehead atoms. The molecule has 0 atom stereocenters. The summed E-state index contributed by atoms with van der Waals surface area (Å²) in [5.41, 5.74) is 0.519. The Morgan fingerprint density at radius 1 is 1.29 bits per heavy atom. The number of nitro benzene ring substituents is 1. The van der Waals surface area contributed by atoms with Gasteiger partial charge in [-0.3, -0.25) is 20.2 Å². The lowest BCUT2D eigenvalue weighted by Crippen LogP contribution is -2.02. The summed E-state index contributed by atoms with van der Waals surface area (Å²) in [5, 5.41) is 22.1. The topological polar surface area (TPSA) is 91.2 Å². The van der Waals surface area contributed by atoms with Crippen molar-refractivity contribution in [1.82, 2.24) is 4.57 Å². The van der Waals surface area contributed by atoms with Crippen molar-refractivity contribution in [3.05, 3.63) is 73.2 Å². The fourth-order valence-corrected chi connectivity index (χ4v) is 2.01. The zero-order valence-corrected chi connectivity index (χ0v) is 11.6. The first-order valence-electron chi connectivity index (χ1n) is 5.84. The van der Waals surface area contributed by atoms with E-state index in [-0.39, 0.29) is 22.1 Å². The Bertz CT molecular complexity index is 752. The summed E-state index contributed by atoms with van der Waals surface area (Å²) in [7, 11) is 0. The molecule has 2 aromatic rings. The molecule has 0 spiro atoms. The predicted molar refractivity (Wildman–Crippen MR) is 78.1 cm³/mol. The minimum atomic E-state index is -0.547. The lowest BCUT2D eigenvalue weighted by Gasteiger charge is -2.07. The van der Waals surface area contributed by atoms with Gasteiger partial charge in [-0.05, 0) is 24.3 Å². The predicted octanol–water partition coefficient (Wildman–Crippen LogP) is 3.68. The van der Waals surface area contributed by atoms with Gasteiger partial charge in [0.15, 0.2) is 0 Å². The Morgan fingerprint density at radius 3 is 2.62 bits per heavy atom. The molecular weight excluding hydrogens is 298 g/mol. The number of allylic oxidation sites excluding steroid dienone is 1. The lowest BCUT2D eigenvalue weighted by atomic mass is 10.2. The molecule has 0 fully saturated rings. The summed E-state index contributed by atoms with van der Waals surface area (Å²) in [6.07, 6.45) is 2.94. The van der Waals surface area contributed by atoms with Crippen molar-refractivity contribution in [2.24, 2.45) is 0 Å². The molecule has 0 unspecified atom stereocenters. The Kier molecular flexibility index (Phi) is 4.04. The van der Waals surface area contributed by atoms with Crippen molar-refractivity contribution >= 4 is 23.4 Å². The number of halogens is 1. The molecule has 1 aromatic heterocycles. The van der Waals surface area contributed by atoms with Gasteiger partial charge < -0.3 is 4.57 Å². The molecule has 7 nitrogen and oxygen atoms in total. The van der Waals surface area contributed by atoms with Crippen LogP contribution in [0, 0.1) is 20.2 Å². The van der Waals surface area contributed by atoms with Gasteiger partial charge in [0, 0.05) is 30.3 Å². The lowest BCUT2D eigenvalue weighted by molar-refractivity contribution is -0.422. The van der Waals surface area contributed by atoms with Crippen molar-refractivity contribution in [2.75, 3.05) is 0 Å². The van der Waals surface area contributed by atoms with Crippen LogP contribution in [0.4, 0.5) is 5.69 Å². The van der Waals surface area contributed by atoms with Crippen LogP contribution in [-0.4, -0.2) is 14.4 Å². The number of rotatable bonds is 4. The van der Waals surface area contributed by atoms with E-state index < -0.39 is 9.85 Å². The zero-order valence-electron chi connectivity index (χ0n) is 10.9. The van der Waals surface area contributed by atoms with Crippen LogP contribution < -0.4 is 0 Å². The normalized spacial score (nSPS) is 11.4. The molecule has 0 aliphatic heterocycles. The van der Waals surface area contributed by atoms with Gasteiger partial charge in [-0.2, -0.15) is 0 Å². The molecule has 0 aliphatic carbocycles. The van der Waals surface area contributed by atoms with E-state index in [2.05, 4.69) is 0 Å². The van der Waals surface area contributed by atoms with E-state index in [4.69, 9.17) is 11.6 Å². The Labute approximate surface area is 124 Å². The highest BCUT2D eigenvalue weighted by atomic mass is 35.5. The molecule has 0 aliphatic rings. The molecule has 8 heteroatoms. The van der Waals surface area contributed by atoms with Crippen LogP contribution in [0.25, 0.3) is 11.8 Å². The maximum Gasteiger partial charge on any atom is 0.294 e. The highest BCUT2D eigenvalue weighted by Gasteiger charge is 2.17. The average molecular weight is 308 g/mol. The summed E-state index contributed by atoms with van der Waals surface area (Å²) in [6, 6.07) is 7.55. The van der Waals surface area contributed by atoms with Crippen molar-refractivity contribution < 1.29 is 9.85 Å².